The summed E-state index contributed by atoms with van der Waals surface area (Å²) in [6.07, 6.45) is 1.67. The van der Waals surface area contributed by atoms with Crippen LogP contribution in [-0.2, 0) is 5.54 Å². The van der Waals surface area contributed by atoms with E-state index in [-0.39, 0.29) is 0 Å². The summed E-state index contributed by atoms with van der Waals surface area (Å²) >= 11 is 0. The van der Waals surface area contributed by atoms with Gasteiger partial charge in [-0.25, -0.2) is 0 Å². The molecular weight excluding hydrogens is 296 g/mol. The summed E-state index contributed by atoms with van der Waals surface area (Å²) < 4.78 is 0. The zero-order valence-electron chi connectivity index (χ0n) is 13.0. The van der Waals surface area contributed by atoms with Crippen molar-refractivity contribution in [3.63, 3.8) is 0 Å². The smallest absolute Gasteiger partial charge is 0.0925 e. The SMILES string of the molecule is C1=NN=[N+]N1C(c1ccccc1)(c1ccccc1)c1ccccc1. The first-order valence-electron chi connectivity index (χ1n) is 7.82. The van der Waals surface area contributed by atoms with E-state index in [2.05, 4.69) is 51.9 Å². The molecule has 115 valence electrons. The van der Waals surface area contributed by atoms with Crippen LogP contribution in [0, 0.1) is 0 Å². The van der Waals surface area contributed by atoms with Gasteiger partial charge in [-0.15, -0.1) is 0 Å². The number of benzene rings is 3. The van der Waals surface area contributed by atoms with Crippen LogP contribution in [-0.4, -0.2) is 11.3 Å². The molecule has 0 aliphatic carbocycles. The maximum atomic E-state index is 4.27. The van der Waals surface area contributed by atoms with Gasteiger partial charge in [-0.2, -0.15) is 0 Å². The summed E-state index contributed by atoms with van der Waals surface area (Å²) in [4.78, 5) is 0. The van der Waals surface area contributed by atoms with Crippen LogP contribution in [0.15, 0.2) is 101 Å². The highest BCUT2D eigenvalue weighted by atomic mass is 15.7. The average Bonchev–Trinajstić information content (AvgIpc) is 3.20. The molecule has 0 saturated carbocycles. The van der Waals surface area contributed by atoms with E-state index < -0.39 is 5.54 Å². The van der Waals surface area contributed by atoms with Crippen molar-refractivity contribution < 1.29 is 0 Å². The third kappa shape index (κ3) is 2.20. The van der Waals surface area contributed by atoms with Crippen molar-refractivity contribution in [2.24, 2.45) is 10.3 Å². The lowest BCUT2D eigenvalue weighted by molar-refractivity contribution is 0.240. The van der Waals surface area contributed by atoms with Crippen LogP contribution in [0.1, 0.15) is 16.7 Å². The molecule has 1 heterocycles. The fourth-order valence-electron chi connectivity index (χ4n) is 3.25. The van der Waals surface area contributed by atoms with Crippen molar-refractivity contribution in [2.45, 2.75) is 5.54 Å². The quantitative estimate of drug-likeness (QED) is 0.673. The van der Waals surface area contributed by atoms with Crippen molar-refractivity contribution in [1.82, 2.24) is 10.2 Å². The number of hydrogen-bond donors (Lipinski definition) is 0. The molecule has 0 fully saturated rings. The van der Waals surface area contributed by atoms with Crippen LogP contribution in [0.2, 0.25) is 0 Å². The second-order valence-electron chi connectivity index (χ2n) is 5.56. The summed E-state index contributed by atoms with van der Waals surface area (Å²) in [6.45, 7) is 0. The molecule has 1 radical (unpaired) electrons. The van der Waals surface area contributed by atoms with E-state index in [0.29, 0.717) is 0 Å². The highest BCUT2D eigenvalue weighted by Gasteiger charge is 2.47. The molecule has 0 aromatic heterocycles. The summed E-state index contributed by atoms with van der Waals surface area (Å²) in [5, 5.41) is 13.9. The second kappa shape index (κ2) is 6.08. The molecule has 0 unspecified atom stereocenters. The van der Waals surface area contributed by atoms with Crippen LogP contribution in [0.4, 0.5) is 0 Å². The van der Waals surface area contributed by atoms with E-state index >= 15 is 0 Å². The molecule has 4 heteroatoms. The predicted octanol–water partition coefficient (Wildman–Crippen LogP) is 3.94. The van der Waals surface area contributed by atoms with Crippen LogP contribution >= 0.6 is 0 Å². The Hall–Kier alpha value is -3.27. The Labute approximate surface area is 140 Å². The van der Waals surface area contributed by atoms with Gasteiger partial charge in [0.05, 0.1) is 5.10 Å². The minimum absolute atomic E-state index is 0.618. The maximum Gasteiger partial charge on any atom is 0.277 e. The molecule has 4 rings (SSSR count). The molecule has 0 bridgehead atoms. The van der Waals surface area contributed by atoms with E-state index in [9.17, 15) is 0 Å². The normalized spacial score (nSPS) is 13.4. The van der Waals surface area contributed by atoms with Gasteiger partial charge in [0.1, 0.15) is 0 Å². The molecule has 1 aliphatic heterocycles. The summed E-state index contributed by atoms with van der Waals surface area (Å²) in [7, 11) is 0. The minimum atomic E-state index is -0.618. The lowest BCUT2D eigenvalue weighted by Crippen LogP contribution is -2.47. The highest BCUT2D eigenvalue weighted by Crippen LogP contribution is 2.41. The van der Waals surface area contributed by atoms with E-state index in [4.69, 9.17) is 0 Å². The fraction of sp³-hybridized carbons (Fsp3) is 0.0500. The molecule has 0 atom stereocenters. The Morgan fingerprint density at radius 3 is 1.38 bits per heavy atom. The van der Waals surface area contributed by atoms with Crippen molar-refractivity contribution in [3.8, 4) is 0 Å². The van der Waals surface area contributed by atoms with Gasteiger partial charge in [0, 0.05) is 0 Å². The van der Waals surface area contributed by atoms with E-state index in [1.807, 2.05) is 59.6 Å². The first-order chi connectivity index (χ1) is 11.9. The van der Waals surface area contributed by atoms with Gasteiger partial charge in [-0.3, -0.25) is 0 Å². The second-order valence-corrected chi connectivity index (χ2v) is 5.56. The van der Waals surface area contributed by atoms with Crippen LogP contribution in [0.3, 0.4) is 0 Å². The van der Waals surface area contributed by atoms with Crippen molar-refractivity contribution >= 4 is 6.34 Å². The summed E-state index contributed by atoms with van der Waals surface area (Å²) in [6, 6.07) is 31.0. The van der Waals surface area contributed by atoms with Gasteiger partial charge in [0.2, 0.25) is 5.22 Å². The van der Waals surface area contributed by atoms with Crippen LogP contribution < -0.4 is 5.22 Å². The Morgan fingerprint density at radius 1 is 0.625 bits per heavy atom. The molecule has 0 saturated heterocycles. The number of rotatable bonds is 4. The molecule has 3 aromatic rings. The Morgan fingerprint density at radius 2 is 1.04 bits per heavy atom. The zero-order chi connectivity index (χ0) is 16.2. The lowest BCUT2D eigenvalue weighted by atomic mass is 9.76. The first-order valence-corrected chi connectivity index (χ1v) is 7.82. The van der Waals surface area contributed by atoms with Gasteiger partial charge in [0.25, 0.3) is 6.34 Å². The van der Waals surface area contributed by atoms with Crippen molar-refractivity contribution in [2.75, 3.05) is 0 Å². The number of hydrogen-bond acceptors (Lipinski definition) is 4. The Bertz CT molecular complexity index is 749. The van der Waals surface area contributed by atoms with Gasteiger partial charge < -0.3 is 0 Å². The third-order valence-corrected chi connectivity index (χ3v) is 4.27. The lowest BCUT2D eigenvalue weighted by Gasteiger charge is -2.35. The van der Waals surface area contributed by atoms with Crippen LogP contribution in [0.5, 0.6) is 0 Å². The standard InChI is InChI=1S/C20H16N4/c1-4-10-17(11-5-1)20(24-16-21-22-23-24,18-12-6-2-7-13-18)19-14-8-3-9-15-19/h1-16H/q+1. The Balaban J connectivity index is 2.07. The third-order valence-electron chi connectivity index (χ3n) is 4.27. The number of nitrogens with zero attached hydrogens (tertiary/aromatic N) is 4. The first kappa shape index (κ1) is 14.3. The monoisotopic (exact) mass is 312 g/mol. The molecule has 0 spiro atoms. The topological polar surface area (TPSA) is 42.1 Å². The van der Waals surface area contributed by atoms with Crippen molar-refractivity contribution in [3.05, 3.63) is 108 Å². The van der Waals surface area contributed by atoms with Gasteiger partial charge in [-0.05, 0) is 16.7 Å². The van der Waals surface area contributed by atoms with E-state index in [0.717, 1.165) is 16.7 Å². The van der Waals surface area contributed by atoms with E-state index in [1.54, 1.807) is 6.34 Å². The summed E-state index contributed by atoms with van der Waals surface area (Å²) in [5.41, 5.74) is 2.70. The summed E-state index contributed by atoms with van der Waals surface area (Å²) in [5.74, 6) is 0. The molecule has 3 aromatic carbocycles. The van der Waals surface area contributed by atoms with Crippen LogP contribution in [0.25, 0.3) is 0 Å². The molecular formula is C20H16N4+. The molecule has 4 nitrogen and oxygen atoms in total. The predicted molar refractivity (Wildman–Crippen MR) is 94.1 cm³/mol. The average molecular weight is 312 g/mol. The highest BCUT2D eigenvalue weighted by molar-refractivity contribution is 5.63. The molecule has 1 aliphatic rings. The zero-order valence-corrected chi connectivity index (χ0v) is 13.0. The molecule has 0 amide bonds. The molecule has 0 N–H and O–H groups in total. The largest absolute Gasteiger partial charge is 0.277 e. The maximum absolute atomic E-state index is 4.27. The Kier molecular flexibility index (Phi) is 3.63. The van der Waals surface area contributed by atoms with Crippen molar-refractivity contribution in [1.29, 1.82) is 0 Å². The van der Waals surface area contributed by atoms with Gasteiger partial charge in [-0.1, -0.05) is 96.0 Å². The minimum Gasteiger partial charge on any atom is -0.0925 e. The van der Waals surface area contributed by atoms with Gasteiger partial charge in [0.15, 0.2) is 10.8 Å². The fourth-order valence-corrected chi connectivity index (χ4v) is 3.25. The van der Waals surface area contributed by atoms with Gasteiger partial charge >= 0.3 is 0 Å². The molecule has 24 heavy (non-hydrogen) atoms. The van der Waals surface area contributed by atoms with E-state index in [1.165, 1.54) is 0 Å².